The molecule has 0 bridgehead atoms. The monoisotopic (exact) mass is 351 g/mol. The summed E-state index contributed by atoms with van der Waals surface area (Å²) in [6.45, 7) is 7.23. The molecule has 3 aromatic rings. The minimum absolute atomic E-state index is 0.162. The van der Waals surface area contributed by atoms with E-state index in [1.54, 1.807) is 38.2 Å². The van der Waals surface area contributed by atoms with Crippen LogP contribution in [0.1, 0.15) is 23.7 Å². The number of hydrogen-bond acceptors (Lipinski definition) is 4. The topological polar surface area (TPSA) is 72.7 Å². The van der Waals surface area contributed by atoms with Gasteiger partial charge in [0.15, 0.2) is 6.10 Å². The molecule has 0 aliphatic carbocycles. The Labute approximate surface area is 151 Å². The Morgan fingerprint density at radius 3 is 2.73 bits per heavy atom. The van der Waals surface area contributed by atoms with Crippen LogP contribution in [0.5, 0.6) is 5.75 Å². The fourth-order valence-electron chi connectivity index (χ4n) is 2.65. The van der Waals surface area contributed by atoms with Gasteiger partial charge >= 0.3 is 0 Å². The number of anilines is 1. The van der Waals surface area contributed by atoms with E-state index in [0.717, 1.165) is 11.1 Å². The molecule has 2 heterocycles. The third-order valence-electron chi connectivity index (χ3n) is 4.18. The van der Waals surface area contributed by atoms with Crippen LogP contribution in [0.25, 0.3) is 5.65 Å². The lowest BCUT2D eigenvalue weighted by atomic mass is 10.1. The van der Waals surface area contributed by atoms with Crippen molar-refractivity contribution in [2.24, 2.45) is 0 Å². The van der Waals surface area contributed by atoms with Gasteiger partial charge in [-0.2, -0.15) is 0 Å². The van der Waals surface area contributed by atoms with Crippen LogP contribution >= 0.6 is 0 Å². The molecule has 2 aromatic heterocycles. The highest BCUT2D eigenvalue weighted by atomic mass is 16.5. The summed E-state index contributed by atoms with van der Waals surface area (Å²) in [5.41, 5.74) is 2.83. The summed E-state index contributed by atoms with van der Waals surface area (Å²) in [5, 5.41) is 2.66. The van der Waals surface area contributed by atoms with Gasteiger partial charge in [0.25, 0.3) is 11.5 Å². The van der Waals surface area contributed by atoms with E-state index in [0.29, 0.717) is 17.1 Å². The molecule has 0 fully saturated rings. The molecule has 6 nitrogen and oxygen atoms in total. The molecule has 1 aromatic carbocycles. The summed E-state index contributed by atoms with van der Waals surface area (Å²) in [7, 11) is 0. The lowest BCUT2D eigenvalue weighted by Gasteiger charge is -2.17. The summed E-state index contributed by atoms with van der Waals surface area (Å²) in [6.07, 6.45) is 0.862. The van der Waals surface area contributed by atoms with Crippen molar-refractivity contribution in [3.63, 3.8) is 0 Å². The van der Waals surface area contributed by atoms with Crippen LogP contribution in [0.15, 0.2) is 47.4 Å². The number of rotatable bonds is 4. The third kappa shape index (κ3) is 3.44. The number of aryl methyl sites for hydroxylation is 3. The quantitative estimate of drug-likeness (QED) is 0.784. The molecule has 3 rings (SSSR count). The number of nitrogens with one attached hydrogen (secondary N) is 1. The minimum atomic E-state index is -0.759. The second kappa shape index (κ2) is 7.00. The van der Waals surface area contributed by atoms with Crippen LogP contribution in [-0.4, -0.2) is 21.4 Å². The first-order valence-electron chi connectivity index (χ1n) is 8.39. The Kier molecular flexibility index (Phi) is 4.75. The Balaban J connectivity index is 1.84. The maximum Gasteiger partial charge on any atom is 0.281 e. The molecule has 0 spiro atoms. The van der Waals surface area contributed by atoms with E-state index in [-0.39, 0.29) is 11.2 Å². The molecule has 1 amide bonds. The fraction of sp³-hybridized carbons (Fsp3) is 0.250. The largest absolute Gasteiger partial charge is 0.481 e. The molecule has 26 heavy (non-hydrogen) atoms. The van der Waals surface area contributed by atoms with Crippen molar-refractivity contribution in [3.8, 4) is 5.75 Å². The number of carbonyl (C=O) groups is 1. The summed E-state index contributed by atoms with van der Waals surface area (Å²) < 4.78 is 7.19. The van der Waals surface area contributed by atoms with E-state index in [1.807, 2.05) is 32.0 Å². The Bertz CT molecular complexity index is 1040. The van der Waals surface area contributed by atoms with E-state index >= 15 is 0 Å². The number of amides is 1. The van der Waals surface area contributed by atoms with E-state index in [9.17, 15) is 9.59 Å². The van der Waals surface area contributed by atoms with Crippen LogP contribution in [0.4, 0.5) is 5.69 Å². The summed E-state index contributed by atoms with van der Waals surface area (Å²) in [5.74, 6) is 0.251. The molecule has 0 aliphatic heterocycles. The highest BCUT2D eigenvalue weighted by Gasteiger charge is 2.19. The summed E-state index contributed by atoms with van der Waals surface area (Å²) in [6, 6.07) is 11.1. The lowest BCUT2D eigenvalue weighted by molar-refractivity contribution is -0.122. The van der Waals surface area contributed by atoms with Crippen LogP contribution in [0, 0.1) is 20.8 Å². The zero-order valence-electron chi connectivity index (χ0n) is 15.2. The molecule has 0 aliphatic rings. The van der Waals surface area contributed by atoms with Gasteiger partial charge in [-0.05, 0) is 57.0 Å². The van der Waals surface area contributed by atoms with E-state index in [1.165, 1.54) is 4.40 Å². The fourth-order valence-corrected chi connectivity index (χ4v) is 2.65. The molecule has 134 valence electrons. The highest BCUT2D eigenvalue weighted by molar-refractivity contribution is 5.94. The number of carbonyl (C=O) groups excluding carboxylic acids is 1. The number of fused-ring (bicyclic) bond motifs is 1. The van der Waals surface area contributed by atoms with Gasteiger partial charge < -0.3 is 10.1 Å². The number of benzene rings is 1. The van der Waals surface area contributed by atoms with Crippen molar-refractivity contribution in [3.05, 3.63) is 69.8 Å². The maximum atomic E-state index is 12.6. The van der Waals surface area contributed by atoms with Gasteiger partial charge in [0.1, 0.15) is 17.1 Å². The van der Waals surface area contributed by atoms with Crippen molar-refractivity contribution < 1.29 is 9.53 Å². The second-order valence-electron chi connectivity index (χ2n) is 6.32. The second-order valence-corrected chi connectivity index (χ2v) is 6.32. The Morgan fingerprint density at radius 1 is 1.19 bits per heavy atom. The van der Waals surface area contributed by atoms with Gasteiger partial charge in [0.2, 0.25) is 0 Å². The number of aromatic nitrogens is 2. The van der Waals surface area contributed by atoms with Crippen molar-refractivity contribution in [2.75, 3.05) is 5.32 Å². The number of pyridine rings is 1. The van der Waals surface area contributed by atoms with Gasteiger partial charge in [-0.15, -0.1) is 0 Å². The molecule has 0 unspecified atom stereocenters. The number of hydrogen-bond donors (Lipinski definition) is 1. The molecule has 1 atom stereocenters. The number of nitrogens with zero attached hydrogens (tertiary/aromatic N) is 2. The lowest BCUT2D eigenvalue weighted by Crippen LogP contribution is -2.33. The molecule has 1 N–H and O–H groups in total. The normalized spacial score (nSPS) is 12.0. The minimum Gasteiger partial charge on any atom is -0.481 e. The van der Waals surface area contributed by atoms with Crippen molar-refractivity contribution in [2.45, 2.75) is 33.8 Å². The maximum absolute atomic E-state index is 12.6. The predicted octanol–water partition coefficient (Wildman–Crippen LogP) is 3.03. The first kappa shape index (κ1) is 17.7. The van der Waals surface area contributed by atoms with Crippen LogP contribution in [0.3, 0.4) is 0 Å². The standard InChI is InChI=1S/C20H21N3O3/c1-12-8-9-13(2)16(11-12)26-15(4)19(24)22-18-14(3)21-17-7-5-6-10-23(17)20(18)25/h5-11,15H,1-4H3,(H,22,24)/t15-/m0/s1. The van der Waals surface area contributed by atoms with E-state index < -0.39 is 12.0 Å². The van der Waals surface area contributed by atoms with E-state index in [4.69, 9.17) is 4.74 Å². The van der Waals surface area contributed by atoms with E-state index in [2.05, 4.69) is 10.3 Å². The molecule has 0 saturated carbocycles. The van der Waals surface area contributed by atoms with Gasteiger partial charge in [0, 0.05) is 6.20 Å². The van der Waals surface area contributed by atoms with Gasteiger partial charge in [-0.25, -0.2) is 4.98 Å². The Hall–Kier alpha value is -3.15. The zero-order chi connectivity index (χ0) is 18.8. The van der Waals surface area contributed by atoms with Gasteiger partial charge in [-0.3, -0.25) is 14.0 Å². The molecule has 6 heteroatoms. The molecular weight excluding hydrogens is 330 g/mol. The van der Waals surface area contributed by atoms with Crippen molar-refractivity contribution >= 4 is 17.2 Å². The van der Waals surface area contributed by atoms with Crippen LogP contribution in [-0.2, 0) is 4.79 Å². The SMILES string of the molecule is Cc1ccc(C)c(O[C@@H](C)C(=O)Nc2c(C)nc3ccccn3c2=O)c1. The average Bonchev–Trinajstić information content (AvgIpc) is 2.61. The van der Waals surface area contributed by atoms with Crippen molar-refractivity contribution in [1.82, 2.24) is 9.38 Å². The third-order valence-corrected chi connectivity index (χ3v) is 4.18. The zero-order valence-corrected chi connectivity index (χ0v) is 15.2. The first-order valence-corrected chi connectivity index (χ1v) is 8.39. The molecule has 0 saturated heterocycles. The molecular formula is C20H21N3O3. The van der Waals surface area contributed by atoms with Gasteiger partial charge in [0.05, 0.1) is 5.69 Å². The summed E-state index contributed by atoms with van der Waals surface area (Å²) >= 11 is 0. The number of ether oxygens (including phenoxy) is 1. The Morgan fingerprint density at radius 2 is 1.96 bits per heavy atom. The highest BCUT2D eigenvalue weighted by Crippen LogP contribution is 2.21. The van der Waals surface area contributed by atoms with Crippen LogP contribution in [0.2, 0.25) is 0 Å². The van der Waals surface area contributed by atoms with Gasteiger partial charge in [-0.1, -0.05) is 18.2 Å². The van der Waals surface area contributed by atoms with Crippen molar-refractivity contribution in [1.29, 1.82) is 0 Å². The predicted molar refractivity (Wildman–Crippen MR) is 101 cm³/mol. The van der Waals surface area contributed by atoms with Crippen LogP contribution < -0.4 is 15.6 Å². The summed E-state index contributed by atoms with van der Waals surface area (Å²) in [4.78, 5) is 29.5. The average molecular weight is 351 g/mol. The first-order chi connectivity index (χ1) is 12.4. The smallest absolute Gasteiger partial charge is 0.281 e. The molecule has 0 radical (unpaired) electrons.